The molecule has 0 unspecified atom stereocenters. The minimum absolute atomic E-state index is 0.751. The van der Waals surface area contributed by atoms with Crippen molar-refractivity contribution < 1.29 is 0 Å². The zero-order valence-electron chi connectivity index (χ0n) is 10.3. The zero-order chi connectivity index (χ0) is 12.4. The Hall–Kier alpha value is -1.48. The molecule has 17 heavy (non-hydrogen) atoms. The number of nitrogens with zero attached hydrogens (tertiary/aromatic N) is 2. The lowest BCUT2D eigenvalue weighted by Crippen LogP contribution is -2.02. The van der Waals surface area contributed by atoms with E-state index in [1.165, 1.54) is 16.8 Å². The summed E-state index contributed by atoms with van der Waals surface area (Å²) in [6.45, 7) is 4.89. The highest BCUT2D eigenvalue weighted by Crippen LogP contribution is 2.21. The fraction of sp³-hybridized carbons (Fsp3) is 0.308. The van der Waals surface area contributed by atoms with Crippen molar-refractivity contribution in [3.8, 4) is 0 Å². The summed E-state index contributed by atoms with van der Waals surface area (Å²) in [7, 11) is 1.95. The van der Waals surface area contributed by atoms with Crippen LogP contribution in [-0.2, 0) is 13.6 Å². The van der Waals surface area contributed by atoms with E-state index in [2.05, 4.69) is 24.3 Å². The second-order valence-electron chi connectivity index (χ2n) is 4.19. The molecule has 2 rings (SSSR count). The van der Waals surface area contributed by atoms with E-state index in [0.29, 0.717) is 0 Å². The molecule has 1 N–H and O–H groups in total. The lowest BCUT2D eigenvalue weighted by atomic mass is 10.2. The first-order valence-electron chi connectivity index (χ1n) is 5.55. The van der Waals surface area contributed by atoms with Crippen LogP contribution in [0.2, 0.25) is 5.02 Å². The number of halogens is 1. The second-order valence-corrected chi connectivity index (χ2v) is 4.63. The first-order valence-corrected chi connectivity index (χ1v) is 5.93. The Bertz CT molecular complexity index is 531. The number of aryl methyl sites for hydroxylation is 2. The summed E-state index contributed by atoms with van der Waals surface area (Å²) in [4.78, 5) is 0. The molecule has 0 spiro atoms. The summed E-state index contributed by atoms with van der Waals surface area (Å²) in [6.07, 6.45) is 1.89. The van der Waals surface area contributed by atoms with Gasteiger partial charge in [-0.05, 0) is 31.5 Å². The monoisotopic (exact) mass is 249 g/mol. The highest BCUT2D eigenvalue weighted by atomic mass is 35.5. The molecule has 1 aromatic carbocycles. The Morgan fingerprint density at radius 1 is 1.35 bits per heavy atom. The van der Waals surface area contributed by atoms with Gasteiger partial charge in [-0.25, -0.2) is 0 Å². The molecule has 0 bridgehead atoms. The highest BCUT2D eigenvalue weighted by Gasteiger charge is 2.04. The average Bonchev–Trinajstić information content (AvgIpc) is 2.62. The van der Waals surface area contributed by atoms with Crippen molar-refractivity contribution in [2.75, 3.05) is 5.32 Å². The van der Waals surface area contributed by atoms with E-state index in [-0.39, 0.29) is 0 Å². The molecule has 0 aliphatic carbocycles. The summed E-state index contributed by atoms with van der Waals surface area (Å²) in [5, 5.41) is 8.36. The maximum atomic E-state index is 5.98. The van der Waals surface area contributed by atoms with E-state index in [4.69, 9.17) is 11.6 Å². The molecule has 0 atom stereocenters. The van der Waals surface area contributed by atoms with E-state index >= 15 is 0 Å². The lowest BCUT2D eigenvalue weighted by molar-refractivity contribution is 0.738. The first-order chi connectivity index (χ1) is 8.08. The van der Waals surface area contributed by atoms with Crippen molar-refractivity contribution in [3.05, 3.63) is 46.2 Å². The Kier molecular flexibility index (Phi) is 3.38. The van der Waals surface area contributed by atoms with Gasteiger partial charge < -0.3 is 5.32 Å². The minimum Gasteiger partial charge on any atom is -0.381 e. The second kappa shape index (κ2) is 4.80. The molecule has 0 aliphatic rings. The Labute approximate surface area is 106 Å². The third-order valence-corrected chi connectivity index (χ3v) is 3.24. The normalized spacial score (nSPS) is 10.6. The third kappa shape index (κ3) is 2.61. The SMILES string of the molecule is Cc1ccc(Cl)cc1NCc1cnn(C)c1C. The summed E-state index contributed by atoms with van der Waals surface area (Å²) < 4.78 is 1.88. The van der Waals surface area contributed by atoms with Crippen LogP contribution in [0.5, 0.6) is 0 Å². The van der Waals surface area contributed by atoms with Gasteiger partial charge in [-0.2, -0.15) is 5.10 Å². The van der Waals surface area contributed by atoms with Gasteiger partial charge in [-0.1, -0.05) is 17.7 Å². The molecule has 0 amide bonds. The van der Waals surface area contributed by atoms with Crippen molar-refractivity contribution in [2.45, 2.75) is 20.4 Å². The van der Waals surface area contributed by atoms with Gasteiger partial charge in [0.05, 0.1) is 6.20 Å². The molecular formula is C13H16ClN3. The molecule has 0 saturated heterocycles. The van der Waals surface area contributed by atoms with Crippen LogP contribution in [0, 0.1) is 13.8 Å². The Balaban J connectivity index is 2.12. The third-order valence-electron chi connectivity index (χ3n) is 3.01. The predicted molar refractivity (Wildman–Crippen MR) is 71.5 cm³/mol. The van der Waals surface area contributed by atoms with E-state index in [9.17, 15) is 0 Å². The number of hydrogen-bond acceptors (Lipinski definition) is 2. The van der Waals surface area contributed by atoms with Crippen LogP contribution in [0.1, 0.15) is 16.8 Å². The average molecular weight is 250 g/mol. The minimum atomic E-state index is 0.751. The molecule has 3 nitrogen and oxygen atoms in total. The summed E-state index contributed by atoms with van der Waals surface area (Å²) in [5.41, 5.74) is 4.64. The number of aromatic nitrogens is 2. The van der Waals surface area contributed by atoms with Crippen molar-refractivity contribution in [1.29, 1.82) is 0 Å². The van der Waals surface area contributed by atoms with Crippen LogP contribution in [-0.4, -0.2) is 9.78 Å². The number of nitrogens with one attached hydrogen (secondary N) is 1. The topological polar surface area (TPSA) is 29.9 Å². The molecule has 0 aliphatic heterocycles. The molecule has 1 aromatic heterocycles. The quantitative estimate of drug-likeness (QED) is 0.905. The van der Waals surface area contributed by atoms with Crippen LogP contribution in [0.4, 0.5) is 5.69 Å². The van der Waals surface area contributed by atoms with E-state index in [0.717, 1.165) is 17.3 Å². The van der Waals surface area contributed by atoms with Gasteiger partial charge in [0.25, 0.3) is 0 Å². The molecule has 1 heterocycles. The van der Waals surface area contributed by atoms with Gasteiger partial charge in [0.1, 0.15) is 0 Å². The Morgan fingerprint density at radius 2 is 2.12 bits per heavy atom. The molecule has 0 saturated carbocycles. The maximum Gasteiger partial charge on any atom is 0.0542 e. The zero-order valence-corrected chi connectivity index (χ0v) is 11.0. The van der Waals surface area contributed by atoms with Gasteiger partial charge in [0.15, 0.2) is 0 Å². The summed E-state index contributed by atoms with van der Waals surface area (Å²) >= 11 is 5.98. The maximum absolute atomic E-state index is 5.98. The first kappa shape index (κ1) is 12.0. The number of hydrogen-bond donors (Lipinski definition) is 1. The van der Waals surface area contributed by atoms with Crippen LogP contribution in [0.25, 0.3) is 0 Å². The molecule has 90 valence electrons. The van der Waals surface area contributed by atoms with E-state index < -0.39 is 0 Å². The molecule has 0 radical (unpaired) electrons. The molecular weight excluding hydrogens is 234 g/mol. The van der Waals surface area contributed by atoms with Crippen LogP contribution in [0.15, 0.2) is 24.4 Å². The van der Waals surface area contributed by atoms with Gasteiger partial charge in [-0.3, -0.25) is 4.68 Å². The standard InChI is InChI=1S/C13H16ClN3/c1-9-4-5-12(14)6-13(9)15-7-11-8-16-17(3)10(11)2/h4-6,8,15H,7H2,1-3H3. The van der Waals surface area contributed by atoms with Gasteiger partial charge in [-0.15, -0.1) is 0 Å². The largest absolute Gasteiger partial charge is 0.381 e. The molecule has 0 fully saturated rings. The summed E-state index contributed by atoms with van der Waals surface area (Å²) in [5.74, 6) is 0. The van der Waals surface area contributed by atoms with E-state index in [1.807, 2.05) is 36.1 Å². The van der Waals surface area contributed by atoms with E-state index in [1.54, 1.807) is 0 Å². The lowest BCUT2D eigenvalue weighted by Gasteiger charge is -2.09. The number of benzene rings is 1. The van der Waals surface area contributed by atoms with Crippen molar-refractivity contribution >= 4 is 17.3 Å². The van der Waals surface area contributed by atoms with Gasteiger partial charge in [0.2, 0.25) is 0 Å². The smallest absolute Gasteiger partial charge is 0.0542 e. The fourth-order valence-corrected chi connectivity index (χ4v) is 1.86. The Morgan fingerprint density at radius 3 is 2.76 bits per heavy atom. The molecule has 2 aromatic rings. The van der Waals surface area contributed by atoms with Crippen molar-refractivity contribution in [3.63, 3.8) is 0 Å². The molecule has 4 heteroatoms. The van der Waals surface area contributed by atoms with Gasteiger partial charge >= 0.3 is 0 Å². The van der Waals surface area contributed by atoms with Crippen molar-refractivity contribution in [1.82, 2.24) is 9.78 Å². The van der Waals surface area contributed by atoms with Crippen molar-refractivity contribution in [2.24, 2.45) is 7.05 Å². The summed E-state index contributed by atoms with van der Waals surface area (Å²) in [6, 6.07) is 5.86. The van der Waals surface area contributed by atoms with Crippen LogP contribution < -0.4 is 5.32 Å². The predicted octanol–water partition coefficient (Wildman–Crippen LogP) is 3.30. The number of rotatable bonds is 3. The van der Waals surface area contributed by atoms with Gasteiger partial charge in [0, 0.05) is 35.6 Å². The van der Waals surface area contributed by atoms with Crippen LogP contribution in [0.3, 0.4) is 0 Å². The fourth-order valence-electron chi connectivity index (χ4n) is 1.69. The highest BCUT2D eigenvalue weighted by molar-refractivity contribution is 6.30. The number of anilines is 1. The van der Waals surface area contributed by atoms with Crippen LogP contribution >= 0.6 is 11.6 Å².